The summed E-state index contributed by atoms with van der Waals surface area (Å²) in [5, 5.41) is 2.84. The molecule has 0 spiro atoms. The van der Waals surface area contributed by atoms with Gasteiger partial charge in [-0.1, -0.05) is 43.2 Å². The van der Waals surface area contributed by atoms with Crippen LogP contribution in [0.1, 0.15) is 36.8 Å². The van der Waals surface area contributed by atoms with Gasteiger partial charge in [-0.2, -0.15) is 4.31 Å². The van der Waals surface area contributed by atoms with Gasteiger partial charge in [0.25, 0.3) is 0 Å². The van der Waals surface area contributed by atoms with Crippen molar-refractivity contribution in [3.05, 3.63) is 65.7 Å². The molecule has 0 saturated carbocycles. The number of para-hydroxylation sites is 1. The van der Waals surface area contributed by atoms with Gasteiger partial charge in [0.15, 0.2) is 0 Å². The third kappa shape index (κ3) is 5.09. The Labute approximate surface area is 167 Å². The molecule has 28 heavy (non-hydrogen) atoms. The Morgan fingerprint density at radius 1 is 0.964 bits per heavy atom. The van der Waals surface area contributed by atoms with E-state index in [1.54, 1.807) is 34.6 Å². The predicted molar refractivity (Wildman–Crippen MR) is 113 cm³/mol. The number of benzene rings is 2. The zero-order valence-electron chi connectivity index (χ0n) is 16.1. The van der Waals surface area contributed by atoms with Gasteiger partial charge in [0.1, 0.15) is 0 Å². The summed E-state index contributed by atoms with van der Waals surface area (Å²) in [4.78, 5) is 12.4. The summed E-state index contributed by atoms with van der Waals surface area (Å²) in [6, 6.07) is 14.2. The van der Waals surface area contributed by atoms with Crippen molar-refractivity contribution in [3.63, 3.8) is 0 Å². The van der Waals surface area contributed by atoms with Gasteiger partial charge in [0.2, 0.25) is 15.9 Å². The Morgan fingerprint density at radius 3 is 2.25 bits per heavy atom. The second-order valence-corrected chi connectivity index (χ2v) is 8.96. The minimum Gasteiger partial charge on any atom is -0.322 e. The van der Waals surface area contributed by atoms with Gasteiger partial charge in [0.05, 0.1) is 4.90 Å². The normalized spacial score (nSPS) is 16.0. The fourth-order valence-electron chi connectivity index (χ4n) is 3.24. The molecule has 3 rings (SSSR count). The molecule has 2 aromatic carbocycles. The van der Waals surface area contributed by atoms with Crippen molar-refractivity contribution in [2.45, 2.75) is 37.5 Å². The van der Waals surface area contributed by atoms with Crippen LogP contribution in [0.25, 0.3) is 6.08 Å². The molecule has 6 heteroatoms. The lowest BCUT2D eigenvalue weighted by Gasteiger charge is -2.19. The van der Waals surface area contributed by atoms with E-state index < -0.39 is 10.0 Å². The first kappa shape index (κ1) is 20.3. The van der Waals surface area contributed by atoms with Crippen molar-refractivity contribution in [3.8, 4) is 0 Å². The molecule has 0 bridgehead atoms. The number of rotatable bonds is 5. The molecule has 1 aliphatic heterocycles. The van der Waals surface area contributed by atoms with Gasteiger partial charge < -0.3 is 5.32 Å². The smallest absolute Gasteiger partial charge is 0.248 e. The van der Waals surface area contributed by atoms with E-state index in [1.807, 2.05) is 31.2 Å². The summed E-state index contributed by atoms with van der Waals surface area (Å²) in [5.74, 6) is -0.226. The quantitative estimate of drug-likeness (QED) is 0.767. The van der Waals surface area contributed by atoms with Crippen LogP contribution in [0.5, 0.6) is 0 Å². The average Bonchev–Trinajstić information content (AvgIpc) is 2.99. The van der Waals surface area contributed by atoms with Crippen LogP contribution in [-0.4, -0.2) is 31.7 Å². The fraction of sp³-hybridized carbons (Fsp3) is 0.318. The summed E-state index contributed by atoms with van der Waals surface area (Å²) in [6.45, 7) is 3.11. The molecule has 0 atom stereocenters. The highest BCUT2D eigenvalue weighted by molar-refractivity contribution is 7.89. The summed E-state index contributed by atoms with van der Waals surface area (Å²) in [5.41, 5.74) is 2.54. The van der Waals surface area contributed by atoms with Gasteiger partial charge in [-0.15, -0.1) is 0 Å². The van der Waals surface area contributed by atoms with E-state index in [9.17, 15) is 13.2 Å². The Kier molecular flexibility index (Phi) is 6.65. The Balaban J connectivity index is 1.66. The van der Waals surface area contributed by atoms with Crippen molar-refractivity contribution in [2.75, 3.05) is 18.4 Å². The van der Waals surface area contributed by atoms with Crippen LogP contribution in [0.4, 0.5) is 5.69 Å². The topological polar surface area (TPSA) is 66.5 Å². The van der Waals surface area contributed by atoms with E-state index in [2.05, 4.69) is 5.32 Å². The maximum atomic E-state index is 12.8. The van der Waals surface area contributed by atoms with E-state index in [-0.39, 0.29) is 5.91 Å². The first-order valence-corrected chi connectivity index (χ1v) is 11.1. The zero-order valence-corrected chi connectivity index (χ0v) is 16.9. The lowest BCUT2D eigenvalue weighted by Crippen LogP contribution is -2.31. The summed E-state index contributed by atoms with van der Waals surface area (Å²) in [6.07, 6.45) is 7.12. The lowest BCUT2D eigenvalue weighted by atomic mass is 10.2. The highest BCUT2D eigenvalue weighted by Gasteiger charge is 2.24. The number of anilines is 1. The van der Waals surface area contributed by atoms with Crippen molar-refractivity contribution >= 4 is 27.7 Å². The van der Waals surface area contributed by atoms with E-state index >= 15 is 0 Å². The van der Waals surface area contributed by atoms with E-state index in [0.717, 1.165) is 42.5 Å². The second kappa shape index (κ2) is 9.17. The molecule has 2 aromatic rings. The summed E-state index contributed by atoms with van der Waals surface area (Å²) >= 11 is 0. The van der Waals surface area contributed by atoms with Gasteiger partial charge in [-0.3, -0.25) is 4.79 Å². The van der Waals surface area contributed by atoms with E-state index in [1.165, 1.54) is 6.08 Å². The summed E-state index contributed by atoms with van der Waals surface area (Å²) in [7, 11) is -3.45. The fourth-order valence-corrected chi connectivity index (χ4v) is 4.76. The molecule has 1 saturated heterocycles. The van der Waals surface area contributed by atoms with Gasteiger partial charge in [0, 0.05) is 24.9 Å². The number of sulfonamides is 1. The standard InChI is InChI=1S/C22H26N2O3S/c1-18-8-4-5-9-21(18)23-22(25)15-12-19-10-13-20(14-11-19)28(26,27)24-16-6-2-3-7-17-24/h4-5,8-15H,2-3,6-7,16-17H2,1H3,(H,23,25)/b15-12+. The van der Waals surface area contributed by atoms with Gasteiger partial charge in [-0.25, -0.2) is 8.42 Å². The highest BCUT2D eigenvalue weighted by Crippen LogP contribution is 2.21. The Morgan fingerprint density at radius 2 is 1.61 bits per heavy atom. The molecule has 1 fully saturated rings. The molecule has 1 aliphatic rings. The molecular formula is C22H26N2O3S. The van der Waals surface area contributed by atoms with E-state index in [4.69, 9.17) is 0 Å². The Bertz CT molecular complexity index is 942. The number of hydrogen-bond acceptors (Lipinski definition) is 3. The molecule has 5 nitrogen and oxygen atoms in total. The molecule has 1 heterocycles. The number of aryl methyl sites for hydroxylation is 1. The highest BCUT2D eigenvalue weighted by atomic mass is 32.2. The number of carbonyl (C=O) groups is 1. The maximum Gasteiger partial charge on any atom is 0.248 e. The van der Waals surface area contributed by atoms with Gasteiger partial charge >= 0.3 is 0 Å². The number of nitrogens with one attached hydrogen (secondary N) is 1. The lowest BCUT2D eigenvalue weighted by molar-refractivity contribution is -0.111. The van der Waals surface area contributed by atoms with Crippen molar-refractivity contribution < 1.29 is 13.2 Å². The third-order valence-electron chi connectivity index (χ3n) is 4.91. The molecule has 0 unspecified atom stereocenters. The zero-order chi connectivity index (χ0) is 20.0. The van der Waals surface area contributed by atoms with Crippen LogP contribution in [0.15, 0.2) is 59.5 Å². The first-order chi connectivity index (χ1) is 13.5. The minimum atomic E-state index is -3.45. The van der Waals surface area contributed by atoms with Crippen LogP contribution in [0.3, 0.4) is 0 Å². The Hall–Kier alpha value is -2.44. The second-order valence-electron chi connectivity index (χ2n) is 7.02. The first-order valence-electron chi connectivity index (χ1n) is 9.62. The average molecular weight is 399 g/mol. The largest absolute Gasteiger partial charge is 0.322 e. The van der Waals surface area contributed by atoms with Gasteiger partial charge in [-0.05, 0) is 55.2 Å². The van der Waals surface area contributed by atoms with Crippen molar-refractivity contribution in [2.24, 2.45) is 0 Å². The number of amides is 1. The monoisotopic (exact) mass is 398 g/mol. The SMILES string of the molecule is Cc1ccccc1NC(=O)/C=C/c1ccc(S(=O)(=O)N2CCCCCC2)cc1. The molecule has 0 aromatic heterocycles. The maximum absolute atomic E-state index is 12.8. The van der Waals surface area contributed by atoms with Crippen LogP contribution >= 0.6 is 0 Å². The number of hydrogen-bond donors (Lipinski definition) is 1. The number of nitrogens with zero attached hydrogens (tertiary/aromatic N) is 1. The molecule has 1 amide bonds. The molecule has 1 N–H and O–H groups in total. The molecular weight excluding hydrogens is 372 g/mol. The molecule has 0 aliphatic carbocycles. The van der Waals surface area contributed by atoms with Crippen LogP contribution in [0, 0.1) is 6.92 Å². The number of carbonyl (C=O) groups excluding carboxylic acids is 1. The summed E-state index contributed by atoms with van der Waals surface area (Å²) < 4.78 is 27.2. The predicted octanol–water partition coefficient (Wildman–Crippen LogP) is 4.21. The van der Waals surface area contributed by atoms with Crippen molar-refractivity contribution in [1.82, 2.24) is 4.31 Å². The van der Waals surface area contributed by atoms with Crippen LogP contribution < -0.4 is 5.32 Å². The minimum absolute atomic E-state index is 0.226. The van der Waals surface area contributed by atoms with Crippen LogP contribution in [0.2, 0.25) is 0 Å². The third-order valence-corrected chi connectivity index (χ3v) is 6.83. The molecule has 148 valence electrons. The van der Waals surface area contributed by atoms with Crippen molar-refractivity contribution in [1.29, 1.82) is 0 Å². The van der Waals surface area contributed by atoms with E-state index in [0.29, 0.717) is 18.0 Å². The molecule has 0 radical (unpaired) electrons. The van der Waals surface area contributed by atoms with Crippen LogP contribution in [-0.2, 0) is 14.8 Å².